The Kier molecular flexibility index (Phi) is 10.8. The molecule has 3 aromatic heterocycles. The molecule has 2 aliphatic rings. The number of methoxy groups -OCH3 is 1. The molecule has 0 saturated heterocycles. The van der Waals surface area contributed by atoms with Crippen molar-refractivity contribution in [2.45, 2.75) is 31.3 Å². The molecule has 8 bridgehead atoms. The van der Waals surface area contributed by atoms with Crippen molar-refractivity contribution in [3.05, 3.63) is 72.8 Å². The van der Waals surface area contributed by atoms with Gasteiger partial charge in [0.1, 0.15) is 42.2 Å². The van der Waals surface area contributed by atoms with Crippen LogP contribution in [-0.2, 0) is 60.8 Å². The third-order valence-corrected chi connectivity index (χ3v) is 14.0. The van der Waals surface area contributed by atoms with E-state index in [2.05, 4.69) is 29.9 Å². The minimum Gasteiger partial charge on any atom is -0.324 e. The molecular formula is C36H31CuN12O9S4. The normalized spacial score (nSPS) is 12.8. The SMILES string of the molecule is COCC[CH2][Cu].NS(=O)(=O)c1c(S(N)(=O)=O)c(S(N)(=O)=O)c2c3nc4nc(nc5[nH]c(nc6nc(nc([nH]3)c2c1S(N)(=O)=O)-c1ccccc1-6)c1ccccc51)-c1ccccc1-4. The van der Waals surface area contributed by atoms with E-state index >= 15 is 0 Å². The minimum absolute atomic E-state index is 0.128. The molecule has 10 N–H and O–H groups in total. The monoisotopic (exact) mass is 966 g/mol. The van der Waals surface area contributed by atoms with Gasteiger partial charge in [-0.3, -0.25) is 0 Å². The first-order valence-electron chi connectivity index (χ1n) is 17.7. The van der Waals surface area contributed by atoms with E-state index < -0.39 is 81.7 Å². The van der Waals surface area contributed by atoms with Crippen LogP contribution in [0.15, 0.2) is 92.4 Å². The summed E-state index contributed by atoms with van der Waals surface area (Å²) in [4.78, 5) is 27.5. The predicted molar refractivity (Wildman–Crippen MR) is 223 cm³/mol. The third kappa shape index (κ3) is 7.64. The average Bonchev–Trinajstić information content (AvgIpc) is 3.94. The summed E-state index contributed by atoms with van der Waals surface area (Å²) in [5, 5.41) is 22.5. The van der Waals surface area contributed by atoms with Gasteiger partial charge in [0.05, 0.1) is 10.8 Å². The maximum atomic E-state index is 13.5. The molecule has 9 rings (SSSR count). The molecule has 2 aliphatic heterocycles. The second kappa shape index (κ2) is 15.6. The molecule has 21 nitrogen and oxygen atoms in total. The van der Waals surface area contributed by atoms with Crippen LogP contribution in [0.5, 0.6) is 0 Å². The standard InChI is InChI=1S/C32H22N12O8S4.C4H9O.Cu/c33-53(45,46)21-19-20(22(54(34,47)48)24(56(36,51)52)23(21)55(35,49)50)32-43-30-18-12-6-4-10-16(18)28(41-30)39-26-14-8-2-1-7-13(14)25(37-26)38-27-15-9-3-5-11-17(15)29(40-27)42-31(19)44-32;1-3-4-5-2;/h1-12H,(H2,33,45,46)(H2,34,47,48)(H2,35,49,50)(H2,36,51,52)(H2,37,38,39,40,41,42,43,44);1,3-4H2,2H3;. The molecule has 0 fully saturated rings. The number of nitrogens with zero attached hydrogens (tertiary/aromatic N) is 6. The number of aromatic amines is 2. The van der Waals surface area contributed by atoms with Crippen molar-refractivity contribution >= 4 is 84.2 Å². The largest absolute Gasteiger partial charge is 0.324 e. The summed E-state index contributed by atoms with van der Waals surface area (Å²) in [6.45, 7) is 0.804. The zero-order valence-electron chi connectivity index (χ0n) is 31.7. The van der Waals surface area contributed by atoms with E-state index in [4.69, 9.17) is 51.3 Å². The molecule has 0 saturated carbocycles. The van der Waals surface area contributed by atoms with Gasteiger partial charge in [-0.25, -0.2) is 84.1 Å². The fourth-order valence-corrected chi connectivity index (χ4v) is 12.5. The Labute approximate surface area is 360 Å². The Balaban J connectivity index is 0.000000825. The number of fused-ring (bicyclic) bond motifs is 20. The average molecular weight is 968 g/mol. The van der Waals surface area contributed by atoms with Crippen LogP contribution in [-0.4, -0.2) is 87.3 Å². The molecule has 5 heterocycles. The molecule has 26 heteroatoms. The number of primary sulfonamides is 4. The van der Waals surface area contributed by atoms with Crippen molar-refractivity contribution in [1.29, 1.82) is 0 Å². The van der Waals surface area contributed by atoms with E-state index in [-0.39, 0.29) is 23.3 Å². The van der Waals surface area contributed by atoms with E-state index in [1.807, 2.05) is 24.3 Å². The summed E-state index contributed by atoms with van der Waals surface area (Å²) < 4.78 is 112. The van der Waals surface area contributed by atoms with Gasteiger partial charge in [-0.15, -0.1) is 0 Å². The fourth-order valence-electron chi connectivity index (χ4n) is 7.04. The molecule has 7 aromatic rings. The van der Waals surface area contributed by atoms with Gasteiger partial charge in [-0.1, -0.05) is 72.8 Å². The van der Waals surface area contributed by atoms with Gasteiger partial charge in [-0.2, -0.15) is 0 Å². The Morgan fingerprint density at radius 2 is 0.790 bits per heavy atom. The Hall–Kier alpha value is -5.64. The topological polar surface area (TPSA) is 359 Å². The fraction of sp³-hybridized carbons (Fsp3) is 0.111. The molecule has 0 amide bonds. The van der Waals surface area contributed by atoms with Gasteiger partial charge in [0.15, 0.2) is 23.3 Å². The summed E-state index contributed by atoms with van der Waals surface area (Å²) in [6.07, 6.45) is 0.997. The maximum Gasteiger partial charge on any atom is 0.240 e. The number of ether oxygens (including phenoxy) is 1. The van der Waals surface area contributed by atoms with Crippen molar-refractivity contribution < 1.29 is 54.4 Å². The van der Waals surface area contributed by atoms with Crippen LogP contribution < -0.4 is 20.6 Å². The van der Waals surface area contributed by atoms with Crippen LogP contribution in [0.1, 0.15) is 6.42 Å². The molecule has 0 atom stereocenters. The molecule has 0 aliphatic carbocycles. The summed E-state index contributed by atoms with van der Waals surface area (Å²) in [7, 11) is -20.1. The quantitative estimate of drug-likeness (QED) is 0.0987. The van der Waals surface area contributed by atoms with Crippen molar-refractivity contribution in [2.24, 2.45) is 20.6 Å². The maximum absolute atomic E-state index is 13.5. The van der Waals surface area contributed by atoms with Gasteiger partial charge in [0.25, 0.3) is 0 Å². The van der Waals surface area contributed by atoms with Crippen molar-refractivity contribution in [3.63, 3.8) is 0 Å². The molecule has 62 heavy (non-hydrogen) atoms. The van der Waals surface area contributed by atoms with Crippen LogP contribution in [0.3, 0.4) is 0 Å². The van der Waals surface area contributed by atoms with E-state index in [9.17, 15) is 33.7 Å². The van der Waals surface area contributed by atoms with Crippen LogP contribution in [0.4, 0.5) is 0 Å². The van der Waals surface area contributed by atoms with E-state index in [1.54, 1.807) is 55.6 Å². The second-order valence-electron chi connectivity index (χ2n) is 13.5. The summed E-state index contributed by atoms with van der Waals surface area (Å²) in [5.74, 6) is -0.00951. The van der Waals surface area contributed by atoms with Gasteiger partial charge in [-0.05, 0) is 0 Å². The van der Waals surface area contributed by atoms with Gasteiger partial charge in [0, 0.05) is 33.0 Å². The van der Waals surface area contributed by atoms with Crippen LogP contribution in [0.2, 0.25) is 5.32 Å². The second-order valence-corrected chi connectivity index (χ2v) is 20.0. The Bertz CT molecular complexity index is 3460. The minimum atomic E-state index is -5.52. The Morgan fingerprint density at radius 3 is 1.08 bits per heavy atom. The predicted octanol–water partition coefficient (Wildman–Crippen LogP) is 2.45. The van der Waals surface area contributed by atoms with Crippen molar-refractivity contribution in [3.8, 4) is 45.6 Å². The number of nitrogens with one attached hydrogen (secondary N) is 2. The van der Waals surface area contributed by atoms with Crippen LogP contribution >= 0.6 is 0 Å². The molecule has 324 valence electrons. The number of nitrogens with two attached hydrogens (primary N) is 4. The van der Waals surface area contributed by atoms with Gasteiger partial charge < -0.3 is 9.97 Å². The zero-order chi connectivity index (χ0) is 44.5. The number of sulfonamides is 4. The third-order valence-electron chi connectivity index (χ3n) is 9.41. The molecule has 0 unspecified atom stereocenters. The molecule has 0 radical (unpaired) electrons. The zero-order valence-corrected chi connectivity index (χ0v) is 35.9. The summed E-state index contributed by atoms with van der Waals surface area (Å²) in [5.41, 5.74) is 1.13. The summed E-state index contributed by atoms with van der Waals surface area (Å²) in [6, 6.07) is 20.6. The first-order chi connectivity index (χ1) is 29.2. The van der Waals surface area contributed by atoms with E-state index in [0.717, 1.165) is 18.3 Å². The first kappa shape index (κ1) is 43.0. The smallest absolute Gasteiger partial charge is 0.240 e. The summed E-state index contributed by atoms with van der Waals surface area (Å²) >= 11 is 4.76. The van der Waals surface area contributed by atoms with Gasteiger partial charge in [0.2, 0.25) is 40.1 Å². The van der Waals surface area contributed by atoms with Gasteiger partial charge >= 0.3 is 46.2 Å². The van der Waals surface area contributed by atoms with Crippen molar-refractivity contribution in [1.82, 2.24) is 39.9 Å². The molecule has 4 aromatic carbocycles. The number of hydrogen-bond acceptors (Lipinski definition) is 15. The first-order valence-corrected chi connectivity index (χ1v) is 24.5. The van der Waals surface area contributed by atoms with E-state index in [1.165, 1.54) is 0 Å². The number of aromatic nitrogens is 8. The van der Waals surface area contributed by atoms with Crippen LogP contribution in [0, 0.1) is 0 Å². The number of H-pyrrole nitrogens is 2. The molecular weight excluding hydrogens is 936 g/mol. The van der Waals surface area contributed by atoms with E-state index in [0.29, 0.717) is 44.3 Å². The molecule has 0 spiro atoms. The number of benzene rings is 4. The number of hydrogen-bond donors (Lipinski definition) is 6. The van der Waals surface area contributed by atoms with Crippen LogP contribution in [0.25, 0.3) is 89.7 Å². The van der Waals surface area contributed by atoms with Crippen molar-refractivity contribution in [2.75, 3.05) is 13.7 Å². The number of rotatable bonds is 7. The Morgan fingerprint density at radius 1 is 0.484 bits per heavy atom.